The predicted octanol–water partition coefficient (Wildman–Crippen LogP) is 4.23. The zero-order chi connectivity index (χ0) is 18.7. The fraction of sp³-hybridized carbons (Fsp3) is 0.200. The van der Waals surface area contributed by atoms with Crippen molar-refractivity contribution in [3.05, 3.63) is 59.4 Å². The van der Waals surface area contributed by atoms with E-state index in [0.29, 0.717) is 23.7 Å². The summed E-state index contributed by atoms with van der Waals surface area (Å²) in [5.74, 6) is 0.641. The molecule has 0 radical (unpaired) electrons. The van der Waals surface area contributed by atoms with Gasteiger partial charge in [-0.15, -0.1) is 11.6 Å². The molecule has 2 aromatic carbocycles. The molecule has 0 N–H and O–H groups in total. The molecule has 1 atom stereocenters. The Labute approximate surface area is 156 Å². The van der Waals surface area contributed by atoms with Crippen LogP contribution in [-0.2, 0) is 4.79 Å². The van der Waals surface area contributed by atoms with E-state index in [1.165, 1.54) is 19.1 Å². The number of hydrogen-bond acceptors (Lipinski definition) is 5. The van der Waals surface area contributed by atoms with Gasteiger partial charge >= 0.3 is 5.97 Å². The molecular weight excluding hydrogens is 356 g/mol. The third-order valence-corrected chi connectivity index (χ3v) is 3.87. The summed E-state index contributed by atoms with van der Waals surface area (Å²) in [4.78, 5) is 24.1. The first kappa shape index (κ1) is 18.0. The Morgan fingerprint density at radius 3 is 2.77 bits per heavy atom. The lowest BCUT2D eigenvalue weighted by Crippen LogP contribution is -2.17. The first-order valence-electron chi connectivity index (χ1n) is 8.15. The third kappa shape index (κ3) is 3.73. The van der Waals surface area contributed by atoms with E-state index in [0.717, 1.165) is 5.56 Å². The Hall–Kier alpha value is -2.79. The van der Waals surface area contributed by atoms with Crippen LogP contribution in [0.4, 0.5) is 0 Å². The zero-order valence-electron chi connectivity index (χ0n) is 14.3. The maximum Gasteiger partial charge on any atom is 0.329 e. The molecule has 1 unspecified atom stereocenters. The number of para-hydroxylation sites is 1. The van der Waals surface area contributed by atoms with E-state index in [-0.39, 0.29) is 17.3 Å². The van der Waals surface area contributed by atoms with Gasteiger partial charge in [-0.2, -0.15) is 0 Å². The Morgan fingerprint density at radius 1 is 1.27 bits per heavy atom. The molecule has 0 spiro atoms. The minimum absolute atomic E-state index is 0.182. The zero-order valence-corrected chi connectivity index (χ0v) is 15.1. The highest BCUT2D eigenvalue weighted by molar-refractivity contribution is 6.29. The molecule has 6 heteroatoms. The van der Waals surface area contributed by atoms with Gasteiger partial charge in [0.1, 0.15) is 22.6 Å². The van der Waals surface area contributed by atoms with Gasteiger partial charge in [0.05, 0.1) is 12.2 Å². The summed E-state index contributed by atoms with van der Waals surface area (Å²) in [6.07, 6.45) is 1.64. The van der Waals surface area contributed by atoms with Crippen LogP contribution in [0.15, 0.2) is 48.2 Å². The van der Waals surface area contributed by atoms with Crippen molar-refractivity contribution < 1.29 is 23.8 Å². The molecule has 0 fully saturated rings. The third-order valence-electron chi connectivity index (χ3n) is 3.69. The molecule has 134 valence electrons. The molecule has 1 aliphatic rings. The average molecular weight is 373 g/mol. The number of fused-ring (bicyclic) bond motifs is 1. The first-order valence-corrected chi connectivity index (χ1v) is 8.59. The summed E-state index contributed by atoms with van der Waals surface area (Å²) in [5.41, 5.74) is 1.15. The number of halogens is 1. The number of ketones is 1. The minimum Gasteiger partial charge on any atom is -0.493 e. The molecule has 0 saturated heterocycles. The normalized spacial score (nSPS) is 15.3. The number of benzene rings is 2. The summed E-state index contributed by atoms with van der Waals surface area (Å²) < 4.78 is 16.4. The van der Waals surface area contributed by atoms with E-state index in [4.69, 9.17) is 25.8 Å². The number of carbonyl (C=O) groups excluding carboxylic acids is 2. The molecule has 5 nitrogen and oxygen atoms in total. The van der Waals surface area contributed by atoms with Gasteiger partial charge in [0, 0.05) is 11.6 Å². The topological polar surface area (TPSA) is 61.8 Å². The summed E-state index contributed by atoms with van der Waals surface area (Å²) in [6, 6.07) is 12.0. The maximum atomic E-state index is 12.5. The lowest BCUT2D eigenvalue weighted by atomic mass is 10.1. The van der Waals surface area contributed by atoms with Crippen molar-refractivity contribution in [3.8, 4) is 17.2 Å². The molecule has 1 aliphatic heterocycles. The number of rotatable bonds is 5. The second-order valence-electron chi connectivity index (χ2n) is 5.61. The number of hydrogen-bond donors (Lipinski definition) is 0. The summed E-state index contributed by atoms with van der Waals surface area (Å²) in [7, 11) is 0. The smallest absolute Gasteiger partial charge is 0.329 e. The molecule has 3 rings (SSSR count). The lowest BCUT2D eigenvalue weighted by molar-refractivity contribution is -0.133. The van der Waals surface area contributed by atoms with Crippen molar-refractivity contribution in [3.63, 3.8) is 0 Å². The number of esters is 1. The molecule has 0 bridgehead atoms. The van der Waals surface area contributed by atoms with Crippen molar-refractivity contribution in [2.24, 2.45) is 0 Å². The average Bonchev–Trinajstić information content (AvgIpc) is 2.92. The van der Waals surface area contributed by atoms with Crippen LogP contribution in [0, 0.1) is 0 Å². The quantitative estimate of drug-likeness (QED) is 0.340. The van der Waals surface area contributed by atoms with Crippen molar-refractivity contribution in [1.29, 1.82) is 0 Å². The fourth-order valence-corrected chi connectivity index (χ4v) is 2.50. The van der Waals surface area contributed by atoms with E-state index >= 15 is 0 Å². The summed E-state index contributed by atoms with van der Waals surface area (Å²) in [6.45, 7) is 3.93. The SMILES string of the molecule is CCOc1ccccc1/C=C1\Oc2cc(OC(=O)C(C)Cl)ccc2C1=O. The number of ether oxygens (including phenoxy) is 3. The van der Waals surface area contributed by atoms with E-state index in [1.54, 1.807) is 12.1 Å². The van der Waals surface area contributed by atoms with Gasteiger partial charge in [0.15, 0.2) is 5.76 Å². The monoisotopic (exact) mass is 372 g/mol. The Morgan fingerprint density at radius 2 is 2.04 bits per heavy atom. The number of carbonyl (C=O) groups is 2. The second kappa shape index (κ2) is 7.62. The second-order valence-corrected chi connectivity index (χ2v) is 6.26. The molecule has 2 aromatic rings. The van der Waals surface area contributed by atoms with Gasteiger partial charge in [0.2, 0.25) is 5.78 Å². The summed E-state index contributed by atoms with van der Waals surface area (Å²) in [5, 5.41) is -0.767. The Balaban J connectivity index is 1.87. The van der Waals surface area contributed by atoms with Gasteiger partial charge in [0.25, 0.3) is 0 Å². The van der Waals surface area contributed by atoms with Crippen LogP contribution in [0.3, 0.4) is 0 Å². The van der Waals surface area contributed by atoms with Gasteiger partial charge in [-0.1, -0.05) is 18.2 Å². The minimum atomic E-state index is -0.767. The van der Waals surface area contributed by atoms with E-state index in [1.807, 2.05) is 31.2 Å². The summed E-state index contributed by atoms with van der Waals surface area (Å²) >= 11 is 5.69. The molecule has 0 amide bonds. The van der Waals surface area contributed by atoms with Crippen LogP contribution in [0.25, 0.3) is 6.08 Å². The van der Waals surface area contributed by atoms with Crippen LogP contribution in [0.5, 0.6) is 17.2 Å². The van der Waals surface area contributed by atoms with Crippen LogP contribution in [-0.4, -0.2) is 23.7 Å². The predicted molar refractivity (Wildman–Crippen MR) is 97.9 cm³/mol. The van der Waals surface area contributed by atoms with E-state index in [2.05, 4.69) is 0 Å². The highest BCUT2D eigenvalue weighted by Gasteiger charge is 2.28. The highest BCUT2D eigenvalue weighted by atomic mass is 35.5. The van der Waals surface area contributed by atoms with Crippen molar-refractivity contribution in [1.82, 2.24) is 0 Å². The van der Waals surface area contributed by atoms with Gasteiger partial charge < -0.3 is 14.2 Å². The van der Waals surface area contributed by atoms with Crippen LogP contribution < -0.4 is 14.2 Å². The van der Waals surface area contributed by atoms with Crippen molar-refractivity contribution in [2.45, 2.75) is 19.2 Å². The highest BCUT2D eigenvalue weighted by Crippen LogP contribution is 2.35. The van der Waals surface area contributed by atoms with Gasteiger partial charge in [-0.25, -0.2) is 0 Å². The van der Waals surface area contributed by atoms with Crippen LogP contribution in [0.1, 0.15) is 29.8 Å². The number of Topliss-reactive ketones (excluding diaryl/α,β-unsaturated/α-hetero) is 1. The van der Waals surface area contributed by atoms with E-state index < -0.39 is 11.3 Å². The molecule has 0 saturated carbocycles. The Bertz CT molecular complexity index is 886. The molecule has 0 aromatic heterocycles. The first-order chi connectivity index (χ1) is 12.5. The molecule has 26 heavy (non-hydrogen) atoms. The largest absolute Gasteiger partial charge is 0.493 e. The standard InChI is InChI=1S/C20H17ClO5/c1-3-24-16-7-5-4-6-13(16)10-18-19(22)15-9-8-14(11-17(15)26-18)25-20(23)12(2)21/h4-12H,3H2,1-2H3/b18-10-. The van der Waals surface area contributed by atoms with Gasteiger partial charge in [-0.05, 0) is 38.1 Å². The van der Waals surface area contributed by atoms with Crippen molar-refractivity contribution >= 4 is 29.4 Å². The molecule has 0 aliphatic carbocycles. The lowest BCUT2D eigenvalue weighted by Gasteiger charge is -2.07. The fourth-order valence-electron chi connectivity index (χ4n) is 2.46. The van der Waals surface area contributed by atoms with Gasteiger partial charge in [-0.3, -0.25) is 9.59 Å². The van der Waals surface area contributed by atoms with Crippen LogP contribution in [0.2, 0.25) is 0 Å². The van der Waals surface area contributed by atoms with E-state index in [9.17, 15) is 9.59 Å². The van der Waals surface area contributed by atoms with Crippen molar-refractivity contribution in [2.75, 3.05) is 6.61 Å². The maximum absolute atomic E-state index is 12.5. The van der Waals surface area contributed by atoms with Crippen LogP contribution >= 0.6 is 11.6 Å². The number of alkyl halides is 1. The molecule has 1 heterocycles. The molecular formula is C20H17ClO5. The number of allylic oxidation sites excluding steroid dienone is 1. The Kier molecular flexibility index (Phi) is 5.28.